The van der Waals surface area contributed by atoms with Crippen molar-refractivity contribution >= 4 is 55.2 Å². The summed E-state index contributed by atoms with van der Waals surface area (Å²) < 4.78 is 20.7. The van der Waals surface area contributed by atoms with E-state index in [-0.39, 0.29) is 22.6 Å². The summed E-state index contributed by atoms with van der Waals surface area (Å²) in [5.74, 6) is -0.504. The highest BCUT2D eigenvalue weighted by atomic mass is 79.9. The lowest BCUT2D eigenvalue weighted by atomic mass is 10.2. The molecule has 0 saturated carbocycles. The second kappa shape index (κ2) is 8.11. The number of hydrogen-bond acceptors (Lipinski definition) is 5. The van der Waals surface area contributed by atoms with E-state index < -0.39 is 5.82 Å². The Morgan fingerprint density at radius 3 is 2.76 bits per heavy atom. The third-order valence-electron chi connectivity index (χ3n) is 3.04. The van der Waals surface area contributed by atoms with E-state index in [1.54, 1.807) is 6.07 Å². The predicted molar refractivity (Wildman–Crippen MR) is 101 cm³/mol. The molecule has 0 aliphatic carbocycles. The number of amides is 1. The average molecular weight is 487 g/mol. The Bertz CT molecular complexity index is 920. The van der Waals surface area contributed by atoms with Crippen LogP contribution in [-0.4, -0.2) is 21.9 Å². The fourth-order valence-electron chi connectivity index (χ4n) is 1.92. The van der Waals surface area contributed by atoms with Crippen molar-refractivity contribution in [3.63, 3.8) is 0 Å². The van der Waals surface area contributed by atoms with E-state index in [2.05, 4.69) is 47.4 Å². The zero-order valence-corrected chi connectivity index (χ0v) is 16.5. The summed E-state index contributed by atoms with van der Waals surface area (Å²) in [6.07, 6.45) is 0. The van der Waals surface area contributed by atoms with Gasteiger partial charge in [0.05, 0.1) is 17.0 Å². The molecule has 3 aromatic rings. The van der Waals surface area contributed by atoms with E-state index >= 15 is 0 Å². The van der Waals surface area contributed by atoms with Gasteiger partial charge in [0.25, 0.3) is 5.22 Å². The number of carbonyl (C=O) groups excluding carboxylic acids is 1. The quantitative estimate of drug-likeness (QED) is 0.506. The molecule has 25 heavy (non-hydrogen) atoms. The van der Waals surface area contributed by atoms with Crippen LogP contribution in [0.2, 0.25) is 0 Å². The average Bonchev–Trinajstić information content (AvgIpc) is 3.05. The van der Waals surface area contributed by atoms with Crippen molar-refractivity contribution in [3.05, 3.63) is 57.2 Å². The fourth-order valence-corrected chi connectivity index (χ4v) is 3.27. The lowest BCUT2D eigenvalue weighted by Crippen LogP contribution is -2.15. The number of thioether (sulfide) groups is 1. The molecule has 3 rings (SSSR count). The molecule has 0 aliphatic rings. The summed E-state index contributed by atoms with van der Waals surface area (Å²) in [5.41, 5.74) is 0.886. The molecule has 0 radical (unpaired) electrons. The first-order chi connectivity index (χ1) is 12.0. The number of nitrogens with one attached hydrogen (secondary N) is 1. The highest BCUT2D eigenvalue weighted by Crippen LogP contribution is 2.29. The molecular formula is C16H10Br2FN3O2S. The maximum Gasteiger partial charge on any atom is 0.277 e. The molecule has 1 amide bonds. The molecule has 5 nitrogen and oxygen atoms in total. The number of hydrogen-bond donors (Lipinski definition) is 1. The van der Waals surface area contributed by atoms with Crippen molar-refractivity contribution < 1.29 is 13.6 Å². The van der Waals surface area contributed by atoms with E-state index in [0.29, 0.717) is 10.4 Å². The van der Waals surface area contributed by atoms with Crippen LogP contribution in [0.4, 0.5) is 10.1 Å². The highest BCUT2D eigenvalue weighted by Gasteiger charge is 2.14. The minimum atomic E-state index is -0.512. The number of benzene rings is 2. The molecule has 128 valence electrons. The van der Waals surface area contributed by atoms with Gasteiger partial charge < -0.3 is 9.73 Å². The molecular weight excluding hydrogens is 477 g/mol. The summed E-state index contributed by atoms with van der Waals surface area (Å²) in [5, 5.41) is 10.6. The standard InChI is InChI=1S/C16H10Br2FN3O2S/c17-9-5-6-13(12(19)7-9)20-14(23)8-25-16-22-21-15(24-16)10-3-1-2-4-11(10)18/h1-7H,8H2,(H,20,23). The number of anilines is 1. The van der Waals surface area contributed by atoms with Crippen LogP contribution in [0.1, 0.15) is 0 Å². The normalized spacial score (nSPS) is 10.7. The third kappa shape index (κ3) is 4.68. The largest absolute Gasteiger partial charge is 0.411 e. The zero-order valence-electron chi connectivity index (χ0n) is 12.5. The summed E-state index contributed by atoms with van der Waals surface area (Å²) in [6.45, 7) is 0. The number of carbonyl (C=O) groups is 1. The van der Waals surface area contributed by atoms with Gasteiger partial charge in [0.15, 0.2) is 0 Å². The van der Waals surface area contributed by atoms with Crippen molar-refractivity contribution in [1.29, 1.82) is 0 Å². The zero-order chi connectivity index (χ0) is 17.8. The number of aromatic nitrogens is 2. The van der Waals surface area contributed by atoms with Gasteiger partial charge in [-0.15, -0.1) is 10.2 Å². The first-order valence-electron chi connectivity index (χ1n) is 6.99. The molecule has 0 bridgehead atoms. The third-order valence-corrected chi connectivity index (χ3v) is 5.05. The summed E-state index contributed by atoms with van der Waals surface area (Å²) in [4.78, 5) is 11.9. The first kappa shape index (κ1) is 18.1. The minimum absolute atomic E-state index is 0.0209. The molecule has 1 heterocycles. The van der Waals surface area contributed by atoms with E-state index in [0.717, 1.165) is 21.8 Å². The Morgan fingerprint density at radius 1 is 1.20 bits per heavy atom. The summed E-state index contributed by atoms with van der Waals surface area (Å²) in [7, 11) is 0. The predicted octanol–water partition coefficient (Wildman–Crippen LogP) is 5.13. The van der Waals surface area contributed by atoms with Gasteiger partial charge in [0.2, 0.25) is 11.8 Å². The van der Waals surface area contributed by atoms with Gasteiger partial charge in [0.1, 0.15) is 5.82 Å². The van der Waals surface area contributed by atoms with Crippen LogP contribution in [0.5, 0.6) is 0 Å². The number of rotatable bonds is 5. The van der Waals surface area contributed by atoms with Gasteiger partial charge in [-0.3, -0.25) is 4.79 Å². The second-order valence-electron chi connectivity index (χ2n) is 4.81. The van der Waals surface area contributed by atoms with Gasteiger partial charge in [0, 0.05) is 8.95 Å². The Kier molecular flexibility index (Phi) is 5.87. The SMILES string of the molecule is O=C(CSc1nnc(-c2ccccc2Br)o1)Nc1ccc(Br)cc1F. The van der Waals surface area contributed by atoms with Crippen molar-refractivity contribution in [2.75, 3.05) is 11.1 Å². The molecule has 1 aromatic heterocycles. The van der Waals surface area contributed by atoms with Gasteiger partial charge >= 0.3 is 0 Å². The number of halogens is 3. The van der Waals surface area contributed by atoms with Crippen molar-refractivity contribution in [3.8, 4) is 11.5 Å². The van der Waals surface area contributed by atoms with Crippen LogP contribution in [0.15, 0.2) is 61.0 Å². The van der Waals surface area contributed by atoms with Gasteiger partial charge in [-0.2, -0.15) is 0 Å². The van der Waals surface area contributed by atoms with Crippen LogP contribution >= 0.6 is 43.6 Å². The smallest absolute Gasteiger partial charge is 0.277 e. The molecule has 0 atom stereocenters. The van der Waals surface area contributed by atoms with E-state index in [9.17, 15) is 9.18 Å². The minimum Gasteiger partial charge on any atom is -0.411 e. The molecule has 0 spiro atoms. The van der Waals surface area contributed by atoms with Crippen LogP contribution < -0.4 is 5.32 Å². The molecule has 0 fully saturated rings. The molecule has 0 saturated heterocycles. The Hall–Kier alpha value is -1.71. The topological polar surface area (TPSA) is 68.0 Å². The lowest BCUT2D eigenvalue weighted by Gasteiger charge is -2.05. The van der Waals surface area contributed by atoms with Gasteiger partial charge in [-0.25, -0.2) is 4.39 Å². The lowest BCUT2D eigenvalue weighted by molar-refractivity contribution is -0.113. The first-order valence-corrected chi connectivity index (χ1v) is 9.56. The Morgan fingerprint density at radius 2 is 2.00 bits per heavy atom. The van der Waals surface area contributed by atoms with Gasteiger partial charge in [-0.1, -0.05) is 39.8 Å². The van der Waals surface area contributed by atoms with Crippen LogP contribution in [-0.2, 0) is 4.79 Å². The molecule has 9 heteroatoms. The van der Waals surface area contributed by atoms with Crippen LogP contribution in [0.3, 0.4) is 0 Å². The van der Waals surface area contributed by atoms with E-state index in [1.165, 1.54) is 12.1 Å². The van der Waals surface area contributed by atoms with Gasteiger partial charge in [-0.05, 0) is 46.3 Å². The fraction of sp³-hybridized carbons (Fsp3) is 0.0625. The Balaban J connectivity index is 1.60. The monoisotopic (exact) mass is 485 g/mol. The summed E-state index contributed by atoms with van der Waals surface area (Å²) in [6, 6.07) is 11.9. The van der Waals surface area contributed by atoms with E-state index in [1.807, 2.05) is 24.3 Å². The highest BCUT2D eigenvalue weighted by molar-refractivity contribution is 9.10. The maximum atomic E-state index is 13.7. The maximum absolute atomic E-state index is 13.7. The molecule has 1 N–H and O–H groups in total. The molecule has 0 unspecified atom stereocenters. The number of nitrogens with zero attached hydrogens (tertiary/aromatic N) is 2. The van der Waals surface area contributed by atoms with Crippen LogP contribution in [0, 0.1) is 5.82 Å². The van der Waals surface area contributed by atoms with Crippen molar-refractivity contribution in [1.82, 2.24) is 10.2 Å². The van der Waals surface area contributed by atoms with Crippen molar-refractivity contribution in [2.45, 2.75) is 5.22 Å². The molecule has 2 aromatic carbocycles. The van der Waals surface area contributed by atoms with Crippen LogP contribution in [0.25, 0.3) is 11.5 Å². The molecule has 0 aliphatic heterocycles. The Labute approximate surface area is 163 Å². The summed E-state index contributed by atoms with van der Waals surface area (Å²) >= 11 is 7.66. The van der Waals surface area contributed by atoms with E-state index in [4.69, 9.17) is 4.42 Å². The van der Waals surface area contributed by atoms with Crippen molar-refractivity contribution in [2.24, 2.45) is 0 Å². The second-order valence-corrected chi connectivity index (χ2v) is 7.51.